The lowest BCUT2D eigenvalue weighted by molar-refractivity contribution is 0.340. The van der Waals surface area contributed by atoms with Crippen molar-refractivity contribution in [1.29, 1.82) is 0 Å². The van der Waals surface area contributed by atoms with Gasteiger partial charge in [-0.2, -0.15) is 11.8 Å². The van der Waals surface area contributed by atoms with E-state index in [1.165, 1.54) is 12.1 Å². The first kappa shape index (κ1) is 11.9. The number of benzene rings is 1. The fraction of sp³-hybridized carbons (Fsp3) is 0.400. The van der Waals surface area contributed by atoms with E-state index >= 15 is 0 Å². The zero-order chi connectivity index (χ0) is 10.4. The van der Waals surface area contributed by atoms with Crippen molar-refractivity contribution in [1.82, 2.24) is 0 Å². The van der Waals surface area contributed by atoms with E-state index in [0.29, 0.717) is 12.4 Å². The Labute approximate surface area is 96.2 Å². The van der Waals surface area contributed by atoms with Crippen LogP contribution in [0.5, 0.6) is 5.75 Å². The zero-order valence-electron chi connectivity index (χ0n) is 7.93. The summed E-state index contributed by atoms with van der Waals surface area (Å²) in [5, 5.41) is 0. The molecule has 0 aliphatic rings. The highest BCUT2D eigenvalue weighted by Crippen LogP contribution is 2.25. The molecule has 0 aromatic heterocycles. The highest BCUT2D eigenvalue weighted by Gasteiger charge is 2.02. The monoisotopic (exact) mass is 278 g/mol. The Balaban J connectivity index is 2.45. The first-order valence-corrected chi connectivity index (χ1v) is 6.34. The van der Waals surface area contributed by atoms with Crippen molar-refractivity contribution in [3.8, 4) is 5.75 Å². The summed E-state index contributed by atoms with van der Waals surface area (Å²) in [5.41, 5.74) is 0. The van der Waals surface area contributed by atoms with Gasteiger partial charge in [0.25, 0.3) is 0 Å². The molecule has 0 N–H and O–H groups in total. The SMILES string of the molecule is CCSCCOc1cc(F)ccc1Br. The van der Waals surface area contributed by atoms with Crippen LogP contribution in [0.25, 0.3) is 0 Å². The first-order chi connectivity index (χ1) is 6.74. The second kappa shape index (κ2) is 6.30. The van der Waals surface area contributed by atoms with E-state index < -0.39 is 0 Å². The predicted molar refractivity (Wildman–Crippen MR) is 62.6 cm³/mol. The summed E-state index contributed by atoms with van der Waals surface area (Å²) < 4.78 is 19.0. The summed E-state index contributed by atoms with van der Waals surface area (Å²) in [7, 11) is 0. The highest BCUT2D eigenvalue weighted by molar-refractivity contribution is 9.10. The molecule has 0 spiro atoms. The average molecular weight is 279 g/mol. The number of halogens is 2. The van der Waals surface area contributed by atoms with E-state index in [0.717, 1.165) is 16.0 Å². The predicted octanol–water partition coefficient (Wildman–Crippen LogP) is 3.72. The molecule has 0 amide bonds. The van der Waals surface area contributed by atoms with E-state index in [-0.39, 0.29) is 5.82 Å². The molecule has 0 radical (unpaired) electrons. The molecule has 0 bridgehead atoms. The standard InChI is InChI=1S/C10H12BrFOS/c1-2-14-6-5-13-10-7-8(12)3-4-9(10)11/h3-4,7H,2,5-6H2,1H3. The number of hydrogen-bond donors (Lipinski definition) is 0. The smallest absolute Gasteiger partial charge is 0.136 e. The quantitative estimate of drug-likeness (QED) is 0.760. The van der Waals surface area contributed by atoms with Crippen molar-refractivity contribution in [3.63, 3.8) is 0 Å². The molecule has 78 valence electrons. The number of hydrogen-bond acceptors (Lipinski definition) is 2. The summed E-state index contributed by atoms with van der Waals surface area (Å²) in [6.07, 6.45) is 0. The van der Waals surface area contributed by atoms with Gasteiger partial charge in [-0.1, -0.05) is 6.92 Å². The van der Waals surface area contributed by atoms with Gasteiger partial charge in [-0.3, -0.25) is 0 Å². The van der Waals surface area contributed by atoms with E-state index in [2.05, 4.69) is 22.9 Å². The third-order valence-electron chi connectivity index (χ3n) is 1.58. The summed E-state index contributed by atoms with van der Waals surface area (Å²) in [6.45, 7) is 2.71. The maximum Gasteiger partial charge on any atom is 0.136 e. The minimum absolute atomic E-state index is 0.272. The summed E-state index contributed by atoms with van der Waals surface area (Å²) >= 11 is 5.10. The normalized spacial score (nSPS) is 10.2. The number of rotatable bonds is 5. The van der Waals surface area contributed by atoms with Gasteiger partial charge in [0.1, 0.15) is 11.6 Å². The van der Waals surface area contributed by atoms with Gasteiger partial charge in [-0.25, -0.2) is 4.39 Å². The molecule has 1 rings (SSSR count). The third kappa shape index (κ3) is 3.88. The lowest BCUT2D eigenvalue weighted by Crippen LogP contribution is -2.01. The van der Waals surface area contributed by atoms with Crippen LogP contribution in [0.4, 0.5) is 4.39 Å². The van der Waals surface area contributed by atoms with Gasteiger partial charge in [0, 0.05) is 11.8 Å². The molecule has 0 aliphatic heterocycles. The van der Waals surface area contributed by atoms with Crippen molar-refractivity contribution in [3.05, 3.63) is 28.5 Å². The van der Waals surface area contributed by atoms with Gasteiger partial charge < -0.3 is 4.74 Å². The molecule has 1 aromatic carbocycles. The summed E-state index contributed by atoms with van der Waals surface area (Å²) in [4.78, 5) is 0. The van der Waals surface area contributed by atoms with Crippen LogP contribution in [0.15, 0.2) is 22.7 Å². The number of ether oxygens (including phenoxy) is 1. The number of thioether (sulfide) groups is 1. The fourth-order valence-electron chi connectivity index (χ4n) is 0.943. The molecule has 0 atom stereocenters. The van der Waals surface area contributed by atoms with E-state index in [4.69, 9.17) is 4.74 Å². The molecule has 14 heavy (non-hydrogen) atoms. The third-order valence-corrected chi connectivity index (χ3v) is 3.10. The van der Waals surface area contributed by atoms with Crippen molar-refractivity contribution in [2.45, 2.75) is 6.92 Å². The van der Waals surface area contributed by atoms with Crippen LogP contribution in [-0.2, 0) is 0 Å². The van der Waals surface area contributed by atoms with Gasteiger partial charge in [0.2, 0.25) is 0 Å². The van der Waals surface area contributed by atoms with Crippen LogP contribution in [0.3, 0.4) is 0 Å². The molecular formula is C10H12BrFOS. The van der Waals surface area contributed by atoms with Crippen molar-refractivity contribution < 1.29 is 9.13 Å². The van der Waals surface area contributed by atoms with Gasteiger partial charge in [0.15, 0.2) is 0 Å². The van der Waals surface area contributed by atoms with E-state index in [9.17, 15) is 4.39 Å². The Kier molecular flexibility index (Phi) is 5.33. The maximum atomic E-state index is 12.8. The Morgan fingerprint density at radius 3 is 3.00 bits per heavy atom. The second-order valence-corrected chi connectivity index (χ2v) is 4.87. The Hall–Kier alpha value is -0.220. The summed E-state index contributed by atoms with van der Waals surface area (Å²) in [5.74, 6) is 2.31. The lowest BCUT2D eigenvalue weighted by Gasteiger charge is -2.07. The second-order valence-electron chi connectivity index (χ2n) is 2.62. The molecule has 0 saturated carbocycles. The highest BCUT2D eigenvalue weighted by atomic mass is 79.9. The van der Waals surface area contributed by atoms with Gasteiger partial charge in [0.05, 0.1) is 11.1 Å². The average Bonchev–Trinajstić information content (AvgIpc) is 2.18. The van der Waals surface area contributed by atoms with Crippen LogP contribution in [-0.4, -0.2) is 18.1 Å². The van der Waals surface area contributed by atoms with Crippen molar-refractivity contribution in [2.75, 3.05) is 18.1 Å². The molecular weight excluding hydrogens is 267 g/mol. The molecule has 0 aliphatic carbocycles. The van der Waals surface area contributed by atoms with E-state index in [1.807, 2.05) is 0 Å². The molecule has 1 nitrogen and oxygen atoms in total. The van der Waals surface area contributed by atoms with Crippen LogP contribution in [0.2, 0.25) is 0 Å². The van der Waals surface area contributed by atoms with Gasteiger partial charge in [-0.05, 0) is 33.8 Å². The largest absolute Gasteiger partial charge is 0.491 e. The summed E-state index contributed by atoms with van der Waals surface area (Å²) in [6, 6.07) is 4.44. The van der Waals surface area contributed by atoms with Crippen LogP contribution in [0, 0.1) is 5.82 Å². The van der Waals surface area contributed by atoms with Crippen molar-refractivity contribution >= 4 is 27.7 Å². The molecule has 0 saturated heterocycles. The molecule has 0 heterocycles. The topological polar surface area (TPSA) is 9.23 Å². The van der Waals surface area contributed by atoms with Crippen LogP contribution < -0.4 is 4.74 Å². The van der Waals surface area contributed by atoms with Crippen molar-refractivity contribution in [2.24, 2.45) is 0 Å². The minimum Gasteiger partial charge on any atom is -0.491 e. The maximum absolute atomic E-state index is 12.8. The fourth-order valence-corrected chi connectivity index (χ4v) is 1.79. The zero-order valence-corrected chi connectivity index (χ0v) is 10.3. The molecule has 0 fully saturated rings. The first-order valence-electron chi connectivity index (χ1n) is 4.39. The minimum atomic E-state index is -0.272. The Morgan fingerprint density at radius 2 is 2.29 bits per heavy atom. The molecule has 0 unspecified atom stereocenters. The van der Waals surface area contributed by atoms with E-state index in [1.54, 1.807) is 17.8 Å². The Bertz CT molecular complexity index is 293. The molecule has 4 heteroatoms. The Morgan fingerprint density at radius 1 is 1.50 bits per heavy atom. The van der Waals surface area contributed by atoms with Crippen LogP contribution in [0.1, 0.15) is 6.92 Å². The molecule has 1 aromatic rings. The lowest BCUT2D eigenvalue weighted by atomic mass is 10.3. The van der Waals surface area contributed by atoms with Gasteiger partial charge in [-0.15, -0.1) is 0 Å². The van der Waals surface area contributed by atoms with Crippen LogP contribution >= 0.6 is 27.7 Å². The van der Waals surface area contributed by atoms with Gasteiger partial charge >= 0.3 is 0 Å².